The zero-order chi connectivity index (χ0) is 18.5. The average Bonchev–Trinajstić information content (AvgIpc) is 2.72. The van der Waals surface area contributed by atoms with Crippen molar-refractivity contribution < 1.29 is 5.11 Å². The van der Waals surface area contributed by atoms with Crippen LogP contribution < -0.4 is 5.32 Å². The van der Waals surface area contributed by atoms with E-state index < -0.39 is 0 Å². The largest absolute Gasteiger partial charge is 0.508 e. The fourth-order valence-electron chi connectivity index (χ4n) is 3.89. The van der Waals surface area contributed by atoms with Gasteiger partial charge in [-0.2, -0.15) is 0 Å². The van der Waals surface area contributed by atoms with Gasteiger partial charge < -0.3 is 10.4 Å². The molecular weight excluding hydrogens is 330 g/mol. The van der Waals surface area contributed by atoms with E-state index in [0.29, 0.717) is 5.75 Å². The van der Waals surface area contributed by atoms with Crippen molar-refractivity contribution in [1.29, 1.82) is 0 Å². The topological polar surface area (TPSA) is 32.3 Å². The van der Waals surface area contributed by atoms with E-state index in [-0.39, 0.29) is 0 Å². The normalized spacial score (nSPS) is 13.5. The number of phenolic OH excluding ortho intramolecular Hbond substituents is 1. The predicted octanol–water partition coefficient (Wildman–Crippen LogP) is 4.97. The first-order valence-electron chi connectivity index (χ1n) is 9.65. The van der Waals surface area contributed by atoms with Crippen LogP contribution in [0.15, 0.2) is 84.4 Å². The first-order valence-corrected chi connectivity index (χ1v) is 9.65. The van der Waals surface area contributed by atoms with Crippen LogP contribution in [-0.4, -0.2) is 18.2 Å². The quantitative estimate of drug-likeness (QED) is 0.612. The Hall–Kier alpha value is -2.84. The first kappa shape index (κ1) is 17.6. The Bertz CT molecular complexity index is 929. The number of benzene rings is 3. The minimum absolute atomic E-state index is 0.352. The molecule has 0 unspecified atom stereocenters. The Morgan fingerprint density at radius 3 is 2.33 bits per heavy atom. The lowest BCUT2D eigenvalue weighted by atomic mass is 9.82. The number of phenols is 1. The van der Waals surface area contributed by atoms with Gasteiger partial charge in [-0.05, 0) is 71.3 Å². The van der Waals surface area contributed by atoms with Crippen molar-refractivity contribution in [2.75, 3.05) is 13.1 Å². The van der Waals surface area contributed by atoms with Gasteiger partial charge in [-0.15, -0.1) is 0 Å². The molecule has 3 aromatic carbocycles. The molecule has 2 N–H and O–H groups in total. The van der Waals surface area contributed by atoms with Crippen LogP contribution in [-0.2, 0) is 12.8 Å². The van der Waals surface area contributed by atoms with Crippen LogP contribution >= 0.6 is 0 Å². The Balaban J connectivity index is 1.56. The maximum Gasteiger partial charge on any atom is 0.115 e. The summed E-state index contributed by atoms with van der Waals surface area (Å²) in [7, 11) is 0. The van der Waals surface area contributed by atoms with Gasteiger partial charge in [0.1, 0.15) is 5.75 Å². The summed E-state index contributed by atoms with van der Waals surface area (Å²) in [5, 5.41) is 13.5. The number of hydrogen-bond donors (Lipinski definition) is 2. The third-order valence-electron chi connectivity index (χ3n) is 5.24. The van der Waals surface area contributed by atoms with Crippen LogP contribution in [0.25, 0.3) is 5.57 Å². The third-order valence-corrected chi connectivity index (χ3v) is 5.24. The number of hydrogen-bond acceptors (Lipinski definition) is 2. The maximum absolute atomic E-state index is 9.86. The first-order chi connectivity index (χ1) is 13.3. The SMILES string of the molecule is Oc1ccc2c(c1)CCC(CNCCc1ccccc1)=C2c1ccccc1. The van der Waals surface area contributed by atoms with Crippen LogP contribution in [0.2, 0.25) is 0 Å². The molecule has 3 aromatic rings. The smallest absolute Gasteiger partial charge is 0.115 e. The van der Waals surface area contributed by atoms with Crippen molar-refractivity contribution in [3.8, 4) is 5.75 Å². The van der Waals surface area contributed by atoms with E-state index >= 15 is 0 Å². The highest BCUT2D eigenvalue weighted by atomic mass is 16.3. The Kier molecular flexibility index (Phi) is 5.36. The molecule has 0 heterocycles. The standard InChI is InChI=1S/C25H25NO/c27-23-13-14-24-21(17-23)11-12-22(25(24)20-9-5-2-6-10-20)18-26-16-15-19-7-3-1-4-8-19/h1-10,13-14,17,26-27H,11-12,15-16,18H2. The van der Waals surface area contributed by atoms with Crippen molar-refractivity contribution in [2.24, 2.45) is 0 Å². The van der Waals surface area contributed by atoms with Gasteiger partial charge >= 0.3 is 0 Å². The summed E-state index contributed by atoms with van der Waals surface area (Å²) >= 11 is 0. The van der Waals surface area contributed by atoms with Crippen LogP contribution in [0.4, 0.5) is 0 Å². The highest BCUT2D eigenvalue weighted by Crippen LogP contribution is 2.37. The predicted molar refractivity (Wildman–Crippen MR) is 112 cm³/mol. The molecule has 0 aliphatic heterocycles. The minimum Gasteiger partial charge on any atom is -0.508 e. The molecule has 0 bridgehead atoms. The highest BCUT2D eigenvalue weighted by molar-refractivity contribution is 5.85. The lowest BCUT2D eigenvalue weighted by molar-refractivity contribution is 0.474. The van der Waals surface area contributed by atoms with Gasteiger partial charge in [-0.25, -0.2) is 0 Å². The summed E-state index contributed by atoms with van der Waals surface area (Å²) < 4.78 is 0. The Morgan fingerprint density at radius 1 is 0.815 bits per heavy atom. The number of nitrogens with one attached hydrogen (secondary N) is 1. The molecule has 4 rings (SSSR count). The van der Waals surface area contributed by atoms with Crippen LogP contribution in [0, 0.1) is 0 Å². The third kappa shape index (κ3) is 4.12. The molecule has 27 heavy (non-hydrogen) atoms. The van der Waals surface area contributed by atoms with Gasteiger partial charge in [-0.3, -0.25) is 0 Å². The fraction of sp³-hybridized carbons (Fsp3) is 0.200. The molecule has 0 saturated heterocycles. The Morgan fingerprint density at radius 2 is 1.56 bits per heavy atom. The van der Waals surface area contributed by atoms with E-state index in [4.69, 9.17) is 0 Å². The molecule has 0 radical (unpaired) electrons. The summed E-state index contributed by atoms with van der Waals surface area (Å²) in [5.41, 5.74) is 7.89. The van der Waals surface area contributed by atoms with Crippen LogP contribution in [0.5, 0.6) is 5.75 Å². The van der Waals surface area contributed by atoms with Gasteiger partial charge in [-0.1, -0.05) is 66.7 Å². The van der Waals surface area contributed by atoms with Gasteiger partial charge in [0.15, 0.2) is 0 Å². The van der Waals surface area contributed by atoms with Crippen LogP contribution in [0.1, 0.15) is 28.7 Å². The van der Waals surface area contributed by atoms with Crippen molar-refractivity contribution in [3.05, 3.63) is 107 Å². The molecule has 0 fully saturated rings. The van der Waals surface area contributed by atoms with E-state index in [1.54, 1.807) is 6.07 Å². The number of fused-ring (bicyclic) bond motifs is 1. The number of aromatic hydroxyl groups is 1. The highest BCUT2D eigenvalue weighted by Gasteiger charge is 2.20. The second-order valence-electron chi connectivity index (χ2n) is 7.10. The van der Waals surface area contributed by atoms with Crippen molar-refractivity contribution >= 4 is 5.57 Å². The second-order valence-corrected chi connectivity index (χ2v) is 7.10. The van der Waals surface area contributed by atoms with E-state index in [1.807, 2.05) is 6.07 Å². The minimum atomic E-state index is 0.352. The summed E-state index contributed by atoms with van der Waals surface area (Å²) in [4.78, 5) is 0. The van der Waals surface area contributed by atoms with Gasteiger partial charge in [0.25, 0.3) is 0 Å². The molecule has 1 aliphatic carbocycles. The van der Waals surface area contributed by atoms with Crippen molar-refractivity contribution in [1.82, 2.24) is 5.32 Å². The lowest BCUT2D eigenvalue weighted by Crippen LogP contribution is -2.22. The summed E-state index contributed by atoms with van der Waals surface area (Å²) in [5.74, 6) is 0.352. The van der Waals surface area contributed by atoms with Gasteiger partial charge in [0.05, 0.1) is 0 Å². The van der Waals surface area contributed by atoms with Gasteiger partial charge in [0.2, 0.25) is 0 Å². The number of aryl methyl sites for hydroxylation is 1. The second kappa shape index (κ2) is 8.24. The van der Waals surface area contributed by atoms with E-state index in [9.17, 15) is 5.11 Å². The molecule has 0 amide bonds. The summed E-state index contributed by atoms with van der Waals surface area (Å²) in [6.07, 6.45) is 3.05. The molecule has 0 saturated carbocycles. The molecule has 0 aromatic heterocycles. The average molecular weight is 355 g/mol. The zero-order valence-corrected chi connectivity index (χ0v) is 15.5. The van der Waals surface area contributed by atoms with Gasteiger partial charge in [0, 0.05) is 6.54 Å². The van der Waals surface area contributed by atoms with E-state index in [2.05, 4.69) is 72.0 Å². The van der Waals surface area contributed by atoms with E-state index in [1.165, 1.54) is 33.4 Å². The summed E-state index contributed by atoms with van der Waals surface area (Å²) in [6, 6.07) is 27.0. The van der Waals surface area contributed by atoms with E-state index in [0.717, 1.165) is 32.4 Å². The molecule has 2 nitrogen and oxygen atoms in total. The number of rotatable bonds is 6. The van der Waals surface area contributed by atoms with Crippen LogP contribution in [0.3, 0.4) is 0 Å². The lowest BCUT2D eigenvalue weighted by Gasteiger charge is -2.24. The zero-order valence-electron chi connectivity index (χ0n) is 15.5. The molecule has 136 valence electrons. The fourth-order valence-corrected chi connectivity index (χ4v) is 3.89. The molecular formula is C25H25NO. The summed E-state index contributed by atoms with van der Waals surface area (Å²) in [6.45, 7) is 1.87. The molecule has 0 atom stereocenters. The van der Waals surface area contributed by atoms with Crippen molar-refractivity contribution in [3.63, 3.8) is 0 Å². The molecule has 0 spiro atoms. The monoisotopic (exact) mass is 355 g/mol. The Labute approximate surface area is 161 Å². The molecule has 1 aliphatic rings. The maximum atomic E-state index is 9.86. The van der Waals surface area contributed by atoms with Crippen molar-refractivity contribution in [2.45, 2.75) is 19.3 Å². The molecule has 2 heteroatoms.